The lowest BCUT2D eigenvalue weighted by Crippen LogP contribution is -2.49. The number of nitro benzene ring substituents is 1. The highest BCUT2D eigenvalue weighted by atomic mass is 16.6. The number of carbonyl (C=O) groups excluding carboxylic acids is 1. The van der Waals surface area contributed by atoms with Crippen molar-refractivity contribution in [1.29, 1.82) is 0 Å². The molecule has 1 aliphatic rings. The van der Waals surface area contributed by atoms with E-state index in [9.17, 15) is 14.9 Å². The number of hydrogen-bond acceptors (Lipinski definition) is 8. The maximum absolute atomic E-state index is 12.7. The van der Waals surface area contributed by atoms with Crippen LogP contribution >= 0.6 is 0 Å². The number of carbonyl (C=O) groups is 1. The van der Waals surface area contributed by atoms with Crippen molar-refractivity contribution in [2.24, 2.45) is 0 Å². The summed E-state index contributed by atoms with van der Waals surface area (Å²) in [5.74, 6) is 1.89. The number of benzene rings is 1. The highest BCUT2D eigenvalue weighted by Gasteiger charge is 2.24. The van der Waals surface area contributed by atoms with Crippen molar-refractivity contribution in [2.45, 2.75) is 6.92 Å². The number of aryl methyl sites for hydroxylation is 1. The van der Waals surface area contributed by atoms with E-state index in [4.69, 9.17) is 0 Å². The molecule has 0 atom stereocenters. The van der Waals surface area contributed by atoms with Crippen LogP contribution in [0.2, 0.25) is 0 Å². The summed E-state index contributed by atoms with van der Waals surface area (Å²) >= 11 is 0. The molecule has 3 heterocycles. The molecule has 10 heteroatoms. The SMILES string of the molecule is Cc1ccnc(Nc2cc(N3CCN(C(=O)c4cccc([N+](=O)[O-])c4)CC3)ncn2)c1. The highest BCUT2D eigenvalue weighted by molar-refractivity contribution is 5.95. The van der Waals surface area contributed by atoms with Gasteiger partial charge in [-0.05, 0) is 30.7 Å². The van der Waals surface area contributed by atoms with E-state index < -0.39 is 4.92 Å². The predicted molar refractivity (Wildman–Crippen MR) is 116 cm³/mol. The number of rotatable bonds is 5. The largest absolute Gasteiger partial charge is 0.353 e. The molecule has 1 aliphatic heterocycles. The van der Waals surface area contributed by atoms with Crippen molar-refractivity contribution in [2.75, 3.05) is 36.4 Å². The van der Waals surface area contributed by atoms with Gasteiger partial charge in [-0.1, -0.05) is 6.07 Å². The lowest BCUT2D eigenvalue weighted by atomic mass is 10.1. The molecule has 0 radical (unpaired) electrons. The fourth-order valence-corrected chi connectivity index (χ4v) is 3.40. The first kappa shape index (κ1) is 20.2. The number of piperazine rings is 1. The molecular formula is C21H21N7O3. The van der Waals surface area contributed by atoms with Gasteiger partial charge >= 0.3 is 0 Å². The number of anilines is 3. The van der Waals surface area contributed by atoms with Crippen molar-refractivity contribution < 1.29 is 9.72 Å². The van der Waals surface area contributed by atoms with Gasteiger partial charge in [0.2, 0.25) is 0 Å². The van der Waals surface area contributed by atoms with E-state index in [-0.39, 0.29) is 11.6 Å². The Hall–Kier alpha value is -4.08. The number of nitrogens with zero attached hydrogens (tertiary/aromatic N) is 6. The summed E-state index contributed by atoms with van der Waals surface area (Å²) in [7, 11) is 0. The van der Waals surface area contributed by atoms with Gasteiger partial charge in [-0.15, -0.1) is 0 Å². The molecule has 1 saturated heterocycles. The van der Waals surface area contributed by atoms with Gasteiger partial charge in [0.1, 0.15) is 23.8 Å². The summed E-state index contributed by atoms with van der Waals surface area (Å²) in [5, 5.41) is 14.1. The number of amides is 1. The molecule has 0 spiro atoms. The van der Waals surface area contributed by atoms with Crippen molar-refractivity contribution >= 4 is 29.0 Å². The fraction of sp³-hybridized carbons (Fsp3) is 0.238. The number of aromatic nitrogens is 3. The third-order valence-corrected chi connectivity index (χ3v) is 5.02. The summed E-state index contributed by atoms with van der Waals surface area (Å²) in [4.78, 5) is 39.9. The minimum Gasteiger partial charge on any atom is -0.353 e. The molecule has 0 saturated carbocycles. The van der Waals surface area contributed by atoms with Crippen LogP contribution in [0.25, 0.3) is 0 Å². The van der Waals surface area contributed by atoms with Gasteiger partial charge in [0.05, 0.1) is 4.92 Å². The molecule has 3 aromatic rings. The van der Waals surface area contributed by atoms with Crippen LogP contribution in [0, 0.1) is 17.0 Å². The molecule has 1 amide bonds. The maximum Gasteiger partial charge on any atom is 0.270 e. The number of pyridine rings is 1. The predicted octanol–water partition coefficient (Wildman–Crippen LogP) is 2.79. The average Bonchev–Trinajstić information content (AvgIpc) is 2.79. The van der Waals surface area contributed by atoms with Crippen LogP contribution in [0.15, 0.2) is 55.0 Å². The molecule has 10 nitrogen and oxygen atoms in total. The topological polar surface area (TPSA) is 117 Å². The van der Waals surface area contributed by atoms with Crippen LogP contribution in [0.3, 0.4) is 0 Å². The second-order valence-corrected chi connectivity index (χ2v) is 7.19. The zero-order chi connectivity index (χ0) is 21.8. The Morgan fingerprint density at radius 2 is 1.81 bits per heavy atom. The first-order valence-corrected chi connectivity index (χ1v) is 9.80. The summed E-state index contributed by atoms with van der Waals surface area (Å²) in [5.41, 5.74) is 1.33. The Bertz CT molecular complexity index is 1110. The summed E-state index contributed by atoms with van der Waals surface area (Å²) < 4.78 is 0. The third-order valence-electron chi connectivity index (χ3n) is 5.02. The van der Waals surface area contributed by atoms with Gasteiger partial charge in [0.25, 0.3) is 11.6 Å². The van der Waals surface area contributed by atoms with E-state index in [0.29, 0.717) is 43.4 Å². The van der Waals surface area contributed by atoms with Gasteiger partial charge in [0, 0.05) is 56.1 Å². The summed E-state index contributed by atoms with van der Waals surface area (Å²) in [6.45, 7) is 4.17. The van der Waals surface area contributed by atoms with E-state index >= 15 is 0 Å². The van der Waals surface area contributed by atoms with Crippen molar-refractivity contribution in [3.05, 3.63) is 76.2 Å². The van der Waals surface area contributed by atoms with E-state index in [1.54, 1.807) is 17.2 Å². The van der Waals surface area contributed by atoms with Gasteiger partial charge in [-0.25, -0.2) is 15.0 Å². The Labute approximate surface area is 178 Å². The smallest absolute Gasteiger partial charge is 0.270 e. The normalized spacial score (nSPS) is 13.7. The first-order valence-electron chi connectivity index (χ1n) is 9.80. The number of nitro groups is 1. The average molecular weight is 419 g/mol. The Morgan fingerprint density at radius 1 is 1.03 bits per heavy atom. The molecular weight excluding hydrogens is 398 g/mol. The van der Waals surface area contributed by atoms with Crippen LogP contribution in [-0.4, -0.2) is 56.9 Å². The summed E-state index contributed by atoms with van der Waals surface area (Å²) in [6.07, 6.45) is 3.23. The third kappa shape index (κ3) is 4.74. The Balaban J connectivity index is 1.40. The van der Waals surface area contributed by atoms with Crippen LogP contribution in [-0.2, 0) is 0 Å². The van der Waals surface area contributed by atoms with E-state index in [1.807, 2.05) is 25.1 Å². The molecule has 158 valence electrons. The Kier molecular flexibility index (Phi) is 5.69. The molecule has 1 N–H and O–H groups in total. The minimum absolute atomic E-state index is 0.0893. The quantitative estimate of drug-likeness (QED) is 0.496. The van der Waals surface area contributed by atoms with E-state index in [2.05, 4.69) is 25.2 Å². The molecule has 4 rings (SSSR count). The molecule has 1 aromatic carbocycles. The van der Waals surface area contributed by atoms with Crippen LogP contribution in [0.5, 0.6) is 0 Å². The van der Waals surface area contributed by atoms with E-state index in [1.165, 1.54) is 24.5 Å². The number of hydrogen-bond donors (Lipinski definition) is 1. The lowest BCUT2D eigenvalue weighted by molar-refractivity contribution is -0.384. The van der Waals surface area contributed by atoms with Crippen LogP contribution < -0.4 is 10.2 Å². The van der Waals surface area contributed by atoms with Crippen molar-refractivity contribution in [3.63, 3.8) is 0 Å². The minimum atomic E-state index is -0.498. The number of non-ortho nitro benzene ring substituents is 1. The Morgan fingerprint density at radius 3 is 2.55 bits per heavy atom. The lowest BCUT2D eigenvalue weighted by Gasteiger charge is -2.35. The van der Waals surface area contributed by atoms with Crippen molar-refractivity contribution in [1.82, 2.24) is 19.9 Å². The van der Waals surface area contributed by atoms with E-state index in [0.717, 1.165) is 11.4 Å². The van der Waals surface area contributed by atoms with Crippen LogP contribution in [0.1, 0.15) is 15.9 Å². The maximum atomic E-state index is 12.7. The number of nitrogens with one attached hydrogen (secondary N) is 1. The molecule has 0 unspecified atom stereocenters. The second-order valence-electron chi connectivity index (χ2n) is 7.19. The van der Waals surface area contributed by atoms with Gasteiger partial charge < -0.3 is 15.1 Å². The zero-order valence-corrected chi connectivity index (χ0v) is 16.9. The molecule has 1 fully saturated rings. The molecule has 31 heavy (non-hydrogen) atoms. The standard InChI is InChI=1S/C21H21N7O3/c1-15-5-6-22-18(11-15)25-19-13-20(24-14-23-19)26-7-9-27(10-8-26)21(29)16-3-2-4-17(12-16)28(30)31/h2-6,11-14H,7-10H2,1H3,(H,22,23,24,25). The second kappa shape index (κ2) is 8.74. The van der Waals surface area contributed by atoms with Gasteiger partial charge in [-0.3, -0.25) is 14.9 Å². The monoisotopic (exact) mass is 419 g/mol. The van der Waals surface area contributed by atoms with Crippen LogP contribution in [0.4, 0.5) is 23.1 Å². The highest BCUT2D eigenvalue weighted by Crippen LogP contribution is 2.20. The molecule has 0 aliphatic carbocycles. The van der Waals surface area contributed by atoms with Gasteiger partial charge in [-0.2, -0.15) is 0 Å². The molecule has 2 aromatic heterocycles. The summed E-state index contributed by atoms with van der Waals surface area (Å²) in [6, 6.07) is 11.5. The van der Waals surface area contributed by atoms with Crippen molar-refractivity contribution in [3.8, 4) is 0 Å². The first-order chi connectivity index (χ1) is 15.0. The van der Waals surface area contributed by atoms with Gasteiger partial charge in [0.15, 0.2) is 0 Å². The molecule has 0 bridgehead atoms. The zero-order valence-electron chi connectivity index (χ0n) is 16.9. The fourth-order valence-electron chi connectivity index (χ4n) is 3.40.